The lowest BCUT2D eigenvalue weighted by Crippen LogP contribution is -2.48. The van der Waals surface area contributed by atoms with Gasteiger partial charge in [0.05, 0.1) is 0 Å². The van der Waals surface area contributed by atoms with Gasteiger partial charge in [-0.2, -0.15) is 0 Å². The molecule has 0 amide bonds. The largest absolute Gasteiger partial charge is 0.296 e. The lowest BCUT2D eigenvalue weighted by atomic mass is 9.86. The molecular formula is C16H35N. The summed E-state index contributed by atoms with van der Waals surface area (Å²) >= 11 is 0. The van der Waals surface area contributed by atoms with E-state index in [0.29, 0.717) is 6.04 Å². The van der Waals surface area contributed by atoms with Gasteiger partial charge < -0.3 is 0 Å². The molecule has 0 saturated heterocycles. The number of rotatable bonds is 6. The van der Waals surface area contributed by atoms with E-state index in [-0.39, 0.29) is 5.54 Å². The monoisotopic (exact) mass is 241 g/mol. The second-order valence-electron chi connectivity index (χ2n) is 7.55. The zero-order valence-electron chi connectivity index (χ0n) is 13.7. The summed E-state index contributed by atoms with van der Waals surface area (Å²) in [4.78, 5) is 2.65. The minimum absolute atomic E-state index is 0.276. The van der Waals surface area contributed by atoms with E-state index in [9.17, 15) is 0 Å². The van der Waals surface area contributed by atoms with Crippen LogP contribution in [-0.2, 0) is 0 Å². The number of nitrogens with zero attached hydrogens (tertiary/aromatic N) is 1. The van der Waals surface area contributed by atoms with Gasteiger partial charge in [0.1, 0.15) is 0 Å². The summed E-state index contributed by atoms with van der Waals surface area (Å²) in [5, 5.41) is 0. The molecule has 0 N–H and O–H groups in total. The normalized spacial score (nSPS) is 15.4. The van der Waals surface area contributed by atoms with Crippen LogP contribution in [0.5, 0.6) is 0 Å². The Morgan fingerprint density at radius 1 is 0.882 bits per heavy atom. The van der Waals surface area contributed by atoms with E-state index in [4.69, 9.17) is 0 Å². The van der Waals surface area contributed by atoms with Gasteiger partial charge in [0, 0.05) is 18.1 Å². The molecule has 1 nitrogen and oxygen atoms in total. The first-order chi connectivity index (χ1) is 7.55. The zero-order chi connectivity index (χ0) is 13.8. The molecule has 0 radical (unpaired) electrons. The van der Waals surface area contributed by atoms with Crippen molar-refractivity contribution >= 4 is 0 Å². The fourth-order valence-corrected chi connectivity index (χ4v) is 2.67. The van der Waals surface area contributed by atoms with Crippen molar-refractivity contribution in [1.29, 1.82) is 0 Å². The molecule has 1 unspecified atom stereocenters. The Bertz CT molecular complexity index is 198. The first-order valence-corrected chi connectivity index (χ1v) is 7.32. The van der Waals surface area contributed by atoms with Crippen LogP contribution in [0, 0.1) is 17.8 Å². The van der Waals surface area contributed by atoms with Crippen LogP contribution in [-0.4, -0.2) is 23.0 Å². The van der Waals surface area contributed by atoms with Gasteiger partial charge in [0.15, 0.2) is 0 Å². The summed E-state index contributed by atoms with van der Waals surface area (Å²) in [6, 6.07) is 0.628. The van der Waals surface area contributed by atoms with Gasteiger partial charge in [-0.15, -0.1) is 0 Å². The first kappa shape index (κ1) is 17.0. The molecule has 0 aromatic heterocycles. The van der Waals surface area contributed by atoms with E-state index in [1.807, 2.05) is 0 Å². The second-order valence-corrected chi connectivity index (χ2v) is 7.55. The van der Waals surface area contributed by atoms with Crippen LogP contribution in [0.15, 0.2) is 0 Å². The van der Waals surface area contributed by atoms with Crippen molar-refractivity contribution in [3.8, 4) is 0 Å². The second kappa shape index (κ2) is 6.78. The van der Waals surface area contributed by atoms with Gasteiger partial charge in [-0.1, -0.05) is 27.7 Å². The van der Waals surface area contributed by atoms with E-state index in [2.05, 4.69) is 67.2 Å². The van der Waals surface area contributed by atoms with Crippen LogP contribution >= 0.6 is 0 Å². The zero-order valence-corrected chi connectivity index (χ0v) is 13.7. The number of hydrogen-bond donors (Lipinski definition) is 0. The van der Waals surface area contributed by atoms with E-state index in [1.165, 1.54) is 13.0 Å². The Hall–Kier alpha value is -0.0400. The molecule has 0 aliphatic carbocycles. The Morgan fingerprint density at radius 3 is 1.59 bits per heavy atom. The van der Waals surface area contributed by atoms with Crippen LogP contribution < -0.4 is 0 Å². The molecule has 0 rings (SSSR count). The molecule has 0 fully saturated rings. The van der Waals surface area contributed by atoms with Gasteiger partial charge in [-0.25, -0.2) is 0 Å². The summed E-state index contributed by atoms with van der Waals surface area (Å²) in [5.74, 6) is 2.40. The third-order valence-electron chi connectivity index (χ3n) is 3.63. The lowest BCUT2D eigenvalue weighted by molar-refractivity contribution is 0.0625. The fourth-order valence-electron chi connectivity index (χ4n) is 2.67. The summed E-state index contributed by atoms with van der Waals surface area (Å²) in [6.07, 6.45) is 1.34. The maximum Gasteiger partial charge on any atom is 0.0127 e. The molecule has 1 atom stereocenters. The van der Waals surface area contributed by atoms with Crippen molar-refractivity contribution in [3.63, 3.8) is 0 Å². The summed E-state index contributed by atoms with van der Waals surface area (Å²) in [5.41, 5.74) is 0.276. The maximum atomic E-state index is 2.65. The minimum atomic E-state index is 0.276. The third-order valence-corrected chi connectivity index (χ3v) is 3.63. The van der Waals surface area contributed by atoms with Crippen molar-refractivity contribution in [3.05, 3.63) is 0 Å². The highest BCUT2D eigenvalue weighted by Gasteiger charge is 2.28. The molecule has 0 saturated carbocycles. The third kappa shape index (κ3) is 6.45. The van der Waals surface area contributed by atoms with Gasteiger partial charge in [-0.05, 0) is 58.8 Å². The molecule has 104 valence electrons. The summed E-state index contributed by atoms with van der Waals surface area (Å²) in [6.45, 7) is 22.3. The summed E-state index contributed by atoms with van der Waals surface area (Å²) in [7, 11) is 0. The predicted octanol–water partition coefficient (Wildman–Crippen LogP) is 4.81. The highest BCUT2D eigenvalue weighted by Crippen LogP contribution is 2.26. The molecule has 0 heterocycles. The highest BCUT2D eigenvalue weighted by molar-refractivity contribution is 4.82. The quantitative estimate of drug-likeness (QED) is 0.645. The van der Waals surface area contributed by atoms with Crippen molar-refractivity contribution in [2.75, 3.05) is 6.54 Å². The predicted molar refractivity (Wildman–Crippen MR) is 79.4 cm³/mol. The van der Waals surface area contributed by atoms with Gasteiger partial charge >= 0.3 is 0 Å². The average Bonchev–Trinajstić information content (AvgIpc) is 2.07. The van der Waals surface area contributed by atoms with Crippen molar-refractivity contribution in [1.82, 2.24) is 4.90 Å². The first-order valence-electron chi connectivity index (χ1n) is 7.32. The van der Waals surface area contributed by atoms with Gasteiger partial charge in [0.2, 0.25) is 0 Å². The van der Waals surface area contributed by atoms with E-state index >= 15 is 0 Å². The Balaban J connectivity index is 4.69. The molecule has 0 spiro atoms. The maximum absolute atomic E-state index is 2.65. The molecule has 0 aliphatic heterocycles. The molecule has 17 heavy (non-hydrogen) atoms. The highest BCUT2D eigenvalue weighted by atomic mass is 15.2. The topological polar surface area (TPSA) is 3.24 Å². The van der Waals surface area contributed by atoms with Gasteiger partial charge in [0.25, 0.3) is 0 Å². The molecule has 0 bridgehead atoms. The van der Waals surface area contributed by atoms with Crippen LogP contribution in [0.3, 0.4) is 0 Å². The smallest absolute Gasteiger partial charge is 0.0127 e. The van der Waals surface area contributed by atoms with Crippen LogP contribution in [0.1, 0.15) is 68.7 Å². The summed E-state index contributed by atoms with van der Waals surface area (Å²) < 4.78 is 0. The van der Waals surface area contributed by atoms with Crippen molar-refractivity contribution in [2.24, 2.45) is 17.8 Å². The van der Waals surface area contributed by atoms with E-state index in [1.54, 1.807) is 0 Å². The lowest BCUT2D eigenvalue weighted by Gasteiger charge is -2.42. The molecule has 0 aliphatic rings. The Labute approximate surface area is 110 Å². The Kier molecular flexibility index (Phi) is 6.76. The van der Waals surface area contributed by atoms with Crippen LogP contribution in [0.25, 0.3) is 0 Å². The molecule has 1 heteroatoms. The SMILES string of the molecule is CC(C)CC(CN(C(C)C)C(C)(C)C)C(C)C. The van der Waals surface area contributed by atoms with Crippen molar-refractivity contribution < 1.29 is 0 Å². The van der Waals surface area contributed by atoms with E-state index in [0.717, 1.165) is 17.8 Å². The van der Waals surface area contributed by atoms with Crippen LogP contribution in [0.2, 0.25) is 0 Å². The van der Waals surface area contributed by atoms with Gasteiger partial charge in [-0.3, -0.25) is 4.90 Å². The Morgan fingerprint density at radius 2 is 1.35 bits per heavy atom. The molecule has 0 aromatic carbocycles. The molecular weight excluding hydrogens is 206 g/mol. The standard InChI is InChI=1S/C16H35N/c1-12(2)10-15(13(3)4)11-17(14(5)6)16(7,8)9/h12-15H,10-11H2,1-9H3. The number of hydrogen-bond acceptors (Lipinski definition) is 1. The minimum Gasteiger partial charge on any atom is -0.296 e. The fraction of sp³-hybridized carbons (Fsp3) is 1.00. The van der Waals surface area contributed by atoms with Crippen LogP contribution in [0.4, 0.5) is 0 Å². The molecule has 0 aromatic rings. The van der Waals surface area contributed by atoms with Crippen molar-refractivity contribution in [2.45, 2.75) is 80.3 Å². The average molecular weight is 241 g/mol. The van der Waals surface area contributed by atoms with E-state index < -0.39 is 0 Å².